The van der Waals surface area contributed by atoms with E-state index in [9.17, 15) is 8.42 Å². The molecule has 0 aliphatic heterocycles. The molecule has 1 aromatic rings. The van der Waals surface area contributed by atoms with Crippen molar-refractivity contribution in [2.45, 2.75) is 37.2 Å². The Morgan fingerprint density at radius 2 is 1.95 bits per heavy atom. The standard InChI is InChI=1S/C15H24N2O3S/c1-17(2)15(7-4-8-15)12-16-21(19,20)11-14-6-3-5-13(9-14)10-18/h3,5-6,9,16,18H,4,7-8,10-12H2,1-2H3. The molecule has 1 saturated carbocycles. The first kappa shape index (κ1) is 16.4. The van der Waals surface area contributed by atoms with Crippen molar-refractivity contribution in [1.82, 2.24) is 9.62 Å². The molecule has 0 spiro atoms. The van der Waals surface area contributed by atoms with Gasteiger partial charge < -0.3 is 10.0 Å². The zero-order valence-corrected chi connectivity index (χ0v) is 13.5. The lowest BCUT2D eigenvalue weighted by Gasteiger charge is -2.47. The molecule has 1 aliphatic carbocycles. The predicted octanol–water partition coefficient (Wildman–Crippen LogP) is 1.08. The first-order chi connectivity index (χ1) is 9.87. The molecule has 1 aromatic carbocycles. The second kappa shape index (κ2) is 6.44. The number of aliphatic hydroxyl groups is 1. The van der Waals surface area contributed by atoms with Crippen LogP contribution in [0.1, 0.15) is 30.4 Å². The Labute approximate surface area is 127 Å². The third-order valence-corrected chi connectivity index (χ3v) is 5.68. The summed E-state index contributed by atoms with van der Waals surface area (Å²) in [7, 11) is 0.636. The molecule has 0 unspecified atom stereocenters. The van der Waals surface area contributed by atoms with Crippen LogP contribution in [0.5, 0.6) is 0 Å². The summed E-state index contributed by atoms with van der Waals surface area (Å²) in [4.78, 5) is 2.12. The van der Waals surface area contributed by atoms with Crippen LogP contribution in [0.3, 0.4) is 0 Å². The molecule has 0 aromatic heterocycles. The van der Waals surface area contributed by atoms with Crippen LogP contribution in [0.4, 0.5) is 0 Å². The van der Waals surface area contributed by atoms with E-state index in [1.165, 1.54) is 0 Å². The molecule has 2 N–H and O–H groups in total. The highest BCUT2D eigenvalue weighted by molar-refractivity contribution is 7.88. The second-order valence-electron chi connectivity index (χ2n) is 6.03. The highest BCUT2D eigenvalue weighted by atomic mass is 32.2. The third-order valence-electron chi connectivity index (χ3n) is 4.38. The molecule has 118 valence electrons. The van der Waals surface area contributed by atoms with Crippen LogP contribution in [0.25, 0.3) is 0 Å². The zero-order chi connectivity index (χ0) is 15.5. The van der Waals surface area contributed by atoms with Gasteiger partial charge >= 0.3 is 0 Å². The number of aliphatic hydroxyl groups excluding tert-OH is 1. The van der Waals surface area contributed by atoms with Crippen molar-refractivity contribution in [3.63, 3.8) is 0 Å². The summed E-state index contributed by atoms with van der Waals surface area (Å²) >= 11 is 0. The minimum Gasteiger partial charge on any atom is -0.392 e. The van der Waals surface area contributed by atoms with Crippen LogP contribution < -0.4 is 4.72 Å². The van der Waals surface area contributed by atoms with E-state index in [4.69, 9.17) is 5.11 Å². The highest BCUT2D eigenvalue weighted by Crippen LogP contribution is 2.35. The molecule has 0 bridgehead atoms. The van der Waals surface area contributed by atoms with Gasteiger partial charge in [-0.3, -0.25) is 0 Å². The molecule has 0 amide bonds. The van der Waals surface area contributed by atoms with E-state index < -0.39 is 10.0 Å². The van der Waals surface area contributed by atoms with E-state index in [2.05, 4.69) is 9.62 Å². The fourth-order valence-electron chi connectivity index (χ4n) is 2.70. The Kier molecular flexibility index (Phi) is 5.03. The van der Waals surface area contributed by atoms with Crippen molar-refractivity contribution >= 4 is 10.0 Å². The Balaban J connectivity index is 1.98. The lowest BCUT2D eigenvalue weighted by Crippen LogP contribution is -2.57. The molecule has 2 rings (SSSR count). The van der Waals surface area contributed by atoms with Gasteiger partial charge in [0, 0.05) is 12.1 Å². The normalized spacial score (nSPS) is 17.7. The number of hydrogen-bond donors (Lipinski definition) is 2. The number of benzene rings is 1. The summed E-state index contributed by atoms with van der Waals surface area (Å²) in [6, 6.07) is 7.04. The maximum Gasteiger partial charge on any atom is 0.215 e. The van der Waals surface area contributed by atoms with Crippen molar-refractivity contribution in [1.29, 1.82) is 0 Å². The van der Waals surface area contributed by atoms with Gasteiger partial charge in [-0.15, -0.1) is 0 Å². The predicted molar refractivity (Wildman–Crippen MR) is 83.3 cm³/mol. The summed E-state index contributed by atoms with van der Waals surface area (Å²) in [5, 5.41) is 9.10. The summed E-state index contributed by atoms with van der Waals surface area (Å²) in [6.07, 6.45) is 3.21. The van der Waals surface area contributed by atoms with E-state index in [0.717, 1.165) is 24.8 Å². The first-order valence-electron chi connectivity index (χ1n) is 7.20. The summed E-state index contributed by atoms with van der Waals surface area (Å²) < 4.78 is 27.2. The van der Waals surface area contributed by atoms with Crippen LogP contribution in [0, 0.1) is 0 Å². The molecule has 1 fully saturated rings. The first-order valence-corrected chi connectivity index (χ1v) is 8.86. The van der Waals surface area contributed by atoms with E-state index in [1.807, 2.05) is 14.1 Å². The molecule has 21 heavy (non-hydrogen) atoms. The van der Waals surface area contributed by atoms with Gasteiger partial charge in [-0.05, 0) is 44.5 Å². The Bertz CT molecular complexity index is 580. The van der Waals surface area contributed by atoms with Crippen molar-refractivity contribution in [2.75, 3.05) is 20.6 Å². The molecule has 1 aliphatic rings. The van der Waals surface area contributed by atoms with Gasteiger partial charge in [0.1, 0.15) is 0 Å². The lowest BCUT2D eigenvalue weighted by atomic mass is 9.76. The van der Waals surface area contributed by atoms with Gasteiger partial charge in [0.15, 0.2) is 0 Å². The number of likely N-dealkylation sites (N-methyl/N-ethyl adjacent to an activating group) is 1. The lowest BCUT2D eigenvalue weighted by molar-refractivity contribution is 0.0656. The molecule has 0 atom stereocenters. The number of nitrogens with one attached hydrogen (secondary N) is 1. The largest absolute Gasteiger partial charge is 0.392 e. The fraction of sp³-hybridized carbons (Fsp3) is 0.600. The molecular weight excluding hydrogens is 288 g/mol. The van der Waals surface area contributed by atoms with Crippen molar-refractivity contribution < 1.29 is 13.5 Å². The van der Waals surface area contributed by atoms with E-state index in [0.29, 0.717) is 12.1 Å². The molecule has 0 saturated heterocycles. The quantitative estimate of drug-likeness (QED) is 0.790. The number of nitrogens with zero attached hydrogens (tertiary/aromatic N) is 1. The van der Waals surface area contributed by atoms with Gasteiger partial charge in [-0.25, -0.2) is 13.1 Å². The Morgan fingerprint density at radius 3 is 2.48 bits per heavy atom. The smallest absolute Gasteiger partial charge is 0.215 e. The number of rotatable bonds is 7. The van der Waals surface area contributed by atoms with Crippen molar-refractivity contribution in [3.05, 3.63) is 35.4 Å². The molecule has 0 heterocycles. The Hall–Kier alpha value is -0.950. The minimum atomic E-state index is -3.36. The molecule has 6 heteroatoms. The highest BCUT2D eigenvalue weighted by Gasteiger charge is 2.39. The summed E-state index contributed by atoms with van der Waals surface area (Å²) in [6.45, 7) is 0.382. The van der Waals surface area contributed by atoms with Crippen molar-refractivity contribution in [3.8, 4) is 0 Å². The average Bonchev–Trinajstić information content (AvgIpc) is 2.36. The second-order valence-corrected chi connectivity index (χ2v) is 7.84. The van der Waals surface area contributed by atoms with Crippen LogP contribution in [0.15, 0.2) is 24.3 Å². The van der Waals surface area contributed by atoms with Gasteiger partial charge in [-0.2, -0.15) is 0 Å². The monoisotopic (exact) mass is 312 g/mol. The number of sulfonamides is 1. The van der Waals surface area contributed by atoms with Crippen LogP contribution >= 0.6 is 0 Å². The maximum atomic E-state index is 12.2. The topological polar surface area (TPSA) is 69.6 Å². The minimum absolute atomic E-state index is 0.0278. The average molecular weight is 312 g/mol. The van der Waals surface area contributed by atoms with Gasteiger partial charge in [-0.1, -0.05) is 24.3 Å². The van der Waals surface area contributed by atoms with Crippen LogP contribution in [0.2, 0.25) is 0 Å². The fourth-order valence-corrected chi connectivity index (χ4v) is 3.91. The van der Waals surface area contributed by atoms with E-state index >= 15 is 0 Å². The third kappa shape index (κ3) is 4.03. The maximum absolute atomic E-state index is 12.2. The molecule has 5 nitrogen and oxygen atoms in total. The van der Waals surface area contributed by atoms with E-state index in [-0.39, 0.29) is 17.9 Å². The number of hydrogen-bond acceptors (Lipinski definition) is 4. The van der Waals surface area contributed by atoms with Gasteiger partial charge in [0.25, 0.3) is 0 Å². The van der Waals surface area contributed by atoms with E-state index in [1.54, 1.807) is 24.3 Å². The van der Waals surface area contributed by atoms with Crippen LogP contribution in [-0.2, 0) is 22.4 Å². The Morgan fingerprint density at radius 1 is 1.29 bits per heavy atom. The van der Waals surface area contributed by atoms with Crippen molar-refractivity contribution in [2.24, 2.45) is 0 Å². The molecule has 0 radical (unpaired) electrons. The van der Waals surface area contributed by atoms with Crippen LogP contribution in [-0.4, -0.2) is 44.6 Å². The zero-order valence-electron chi connectivity index (χ0n) is 12.7. The van der Waals surface area contributed by atoms with Gasteiger partial charge in [0.05, 0.1) is 12.4 Å². The molecular formula is C15H24N2O3S. The summed E-state index contributed by atoms with van der Waals surface area (Å²) in [5.41, 5.74) is 1.40. The SMILES string of the molecule is CN(C)C1(CNS(=O)(=O)Cc2cccc(CO)c2)CCC1. The van der Waals surface area contributed by atoms with Gasteiger partial charge in [0.2, 0.25) is 10.0 Å². The summed E-state index contributed by atoms with van der Waals surface area (Å²) in [5.74, 6) is -0.0512.